The Hall–Kier alpha value is -3.79. The highest BCUT2D eigenvalue weighted by atomic mass is 35.5. The summed E-state index contributed by atoms with van der Waals surface area (Å²) in [6.07, 6.45) is -4.81. The molecule has 0 saturated carbocycles. The summed E-state index contributed by atoms with van der Waals surface area (Å²) in [5.41, 5.74) is -6.23. The van der Waals surface area contributed by atoms with Crippen LogP contribution in [0.15, 0.2) is 40.2 Å². The Morgan fingerprint density at radius 1 is 1.16 bits per heavy atom. The third-order valence-corrected chi connectivity index (χ3v) is 4.13. The van der Waals surface area contributed by atoms with Crippen molar-refractivity contribution >= 4 is 11.6 Å². The fourth-order valence-corrected chi connectivity index (χ4v) is 2.73. The summed E-state index contributed by atoms with van der Waals surface area (Å²) in [4.78, 5) is 28.0. The Bertz CT molecular complexity index is 1360. The number of aromatic amines is 1. The number of H-pyrrole nitrogens is 1. The van der Waals surface area contributed by atoms with Gasteiger partial charge in [0.25, 0.3) is 11.5 Å². The van der Waals surface area contributed by atoms with Crippen molar-refractivity contribution in [2.45, 2.75) is 19.0 Å². The first-order chi connectivity index (χ1) is 14.8. The molecule has 0 unspecified atom stereocenters. The molecule has 0 spiro atoms. The standard InChI is InChI=1S/C18H9ClF5N5O3/c1-17(20,21)12-5-11(15(30)28-27-12)29-7-26-14(18(22,23)24)13(16(29)31)32-10-3-8(6-25)2-9(19)4-10/h2-5,7H,1H3,(H,28,30). The van der Waals surface area contributed by atoms with E-state index in [2.05, 4.69) is 10.1 Å². The number of hydrogen-bond acceptors (Lipinski definition) is 6. The molecule has 0 amide bonds. The van der Waals surface area contributed by atoms with Gasteiger partial charge in [-0.25, -0.2) is 10.1 Å². The van der Waals surface area contributed by atoms with Crippen molar-refractivity contribution in [2.75, 3.05) is 0 Å². The van der Waals surface area contributed by atoms with Crippen LogP contribution in [0.4, 0.5) is 22.0 Å². The van der Waals surface area contributed by atoms with Crippen LogP contribution in [0.25, 0.3) is 5.69 Å². The van der Waals surface area contributed by atoms with Crippen LogP contribution in [0.2, 0.25) is 5.02 Å². The first-order valence-corrected chi connectivity index (χ1v) is 8.75. The minimum Gasteiger partial charge on any atom is -0.449 e. The van der Waals surface area contributed by atoms with Crippen molar-refractivity contribution in [3.05, 3.63) is 73.3 Å². The van der Waals surface area contributed by atoms with Crippen LogP contribution in [0.1, 0.15) is 23.9 Å². The average molecular weight is 474 g/mol. The minimum absolute atomic E-state index is 0.0720. The molecule has 0 bridgehead atoms. The summed E-state index contributed by atoms with van der Waals surface area (Å²) in [6, 6.07) is 5.49. The maximum absolute atomic E-state index is 13.6. The third kappa shape index (κ3) is 4.59. The molecule has 0 aliphatic heterocycles. The van der Waals surface area contributed by atoms with E-state index in [-0.39, 0.29) is 10.6 Å². The van der Waals surface area contributed by atoms with Crippen molar-refractivity contribution in [3.8, 4) is 23.3 Å². The van der Waals surface area contributed by atoms with Crippen LogP contribution in [0.3, 0.4) is 0 Å². The van der Waals surface area contributed by atoms with Crippen molar-refractivity contribution < 1.29 is 26.7 Å². The summed E-state index contributed by atoms with van der Waals surface area (Å²) in [6.45, 7) is 0.464. The molecule has 0 radical (unpaired) electrons. The number of alkyl halides is 5. The van der Waals surface area contributed by atoms with Crippen molar-refractivity contribution in [3.63, 3.8) is 0 Å². The first-order valence-electron chi connectivity index (χ1n) is 8.37. The van der Waals surface area contributed by atoms with E-state index < -0.39 is 51.8 Å². The van der Waals surface area contributed by atoms with Crippen molar-refractivity contribution in [1.29, 1.82) is 5.26 Å². The normalized spacial score (nSPS) is 11.8. The maximum Gasteiger partial charge on any atom is 0.437 e. The van der Waals surface area contributed by atoms with Gasteiger partial charge in [-0.15, -0.1) is 0 Å². The van der Waals surface area contributed by atoms with Crippen molar-refractivity contribution in [1.82, 2.24) is 19.7 Å². The number of rotatable bonds is 4. The van der Waals surface area contributed by atoms with E-state index >= 15 is 0 Å². The molecule has 1 aromatic carbocycles. The Labute approximate surface area is 179 Å². The number of aromatic nitrogens is 4. The molecule has 2 aromatic heterocycles. The van der Waals surface area contributed by atoms with Gasteiger partial charge in [-0.05, 0) is 24.3 Å². The molecule has 0 saturated heterocycles. The molecule has 3 rings (SSSR count). The van der Waals surface area contributed by atoms with Gasteiger partial charge in [0.2, 0.25) is 5.75 Å². The van der Waals surface area contributed by atoms with Gasteiger partial charge in [0.1, 0.15) is 23.5 Å². The SMILES string of the molecule is CC(F)(F)c1cc(-n2cnc(C(F)(F)F)c(Oc3cc(Cl)cc(C#N)c3)c2=O)c(=O)[nH]n1. The number of ether oxygens (including phenoxy) is 1. The summed E-state index contributed by atoms with van der Waals surface area (Å²) in [7, 11) is 0. The maximum atomic E-state index is 13.6. The zero-order valence-corrected chi connectivity index (χ0v) is 16.4. The van der Waals surface area contributed by atoms with Crippen LogP contribution in [0, 0.1) is 11.3 Å². The Morgan fingerprint density at radius 2 is 1.84 bits per heavy atom. The average Bonchev–Trinajstić information content (AvgIpc) is 2.68. The van der Waals surface area contributed by atoms with Crippen LogP contribution in [-0.2, 0) is 12.1 Å². The van der Waals surface area contributed by atoms with Gasteiger partial charge < -0.3 is 4.74 Å². The number of nitrogens with zero attached hydrogens (tertiary/aromatic N) is 4. The van der Waals surface area contributed by atoms with Crippen LogP contribution in [-0.4, -0.2) is 19.7 Å². The molecule has 0 aliphatic rings. The second-order valence-electron chi connectivity index (χ2n) is 6.34. The number of nitriles is 1. The predicted molar refractivity (Wildman–Crippen MR) is 99.1 cm³/mol. The van der Waals surface area contributed by atoms with E-state index in [4.69, 9.17) is 21.6 Å². The van der Waals surface area contributed by atoms with Gasteiger partial charge in [-0.1, -0.05) is 11.6 Å². The molecule has 2 heterocycles. The fourth-order valence-electron chi connectivity index (χ4n) is 2.51. The second-order valence-corrected chi connectivity index (χ2v) is 6.78. The summed E-state index contributed by atoms with van der Waals surface area (Å²) >= 11 is 5.80. The monoisotopic (exact) mass is 473 g/mol. The van der Waals surface area contributed by atoms with E-state index in [0.717, 1.165) is 12.1 Å². The molecular formula is C18H9ClF5N5O3. The highest BCUT2D eigenvalue weighted by Crippen LogP contribution is 2.35. The van der Waals surface area contributed by atoms with E-state index in [1.165, 1.54) is 6.07 Å². The van der Waals surface area contributed by atoms with E-state index in [1.807, 2.05) is 0 Å². The quantitative estimate of drug-likeness (QED) is 0.577. The number of nitrogens with one attached hydrogen (secondary N) is 1. The first kappa shape index (κ1) is 22.9. The zero-order chi connectivity index (χ0) is 23.8. The number of hydrogen-bond donors (Lipinski definition) is 1. The van der Waals surface area contributed by atoms with Gasteiger partial charge in [0.15, 0.2) is 5.69 Å². The Kier molecular flexibility index (Phi) is 5.75. The van der Waals surface area contributed by atoms with Gasteiger partial charge >= 0.3 is 11.7 Å². The molecular weight excluding hydrogens is 465 g/mol. The Morgan fingerprint density at radius 3 is 2.44 bits per heavy atom. The van der Waals surface area contributed by atoms with Gasteiger partial charge in [-0.2, -0.15) is 32.3 Å². The van der Waals surface area contributed by atoms with E-state index in [0.29, 0.717) is 23.9 Å². The van der Waals surface area contributed by atoms with Crippen LogP contribution < -0.4 is 15.9 Å². The van der Waals surface area contributed by atoms with Crippen LogP contribution in [0.5, 0.6) is 11.5 Å². The highest BCUT2D eigenvalue weighted by Gasteiger charge is 2.39. The lowest BCUT2D eigenvalue weighted by Gasteiger charge is -2.15. The van der Waals surface area contributed by atoms with Crippen LogP contribution >= 0.6 is 11.6 Å². The van der Waals surface area contributed by atoms with Gasteiger partial charge in [-0.3, -0.25) is 14.2 Å². The lowest BCUT2D eigenvalue weighted by atomic mass is 10.2. The molecule has 1 N–H and O–H groups in total. The third-order valence-electron chi connectivity index (χ3n) is 3.91. The molecule has 166 valence electrons. The van der Waals surface area contributed by atoms with Gasteiger partial charge in [0, 0.05) is 11.9 Å². The largest absolute Gasteiger partial charge is 0.449 e. The van der Waals surface area contributed by atoms with E-state index in [1.54, 1.807) is 11.2 Å². The number of halogens is 6. The molecule has 3 aromatic rings. The molecule has 8 nitrogen and oxygen atoms in total. The second kappa shape index (κ2) is 8.04. The lowest BCUT2D eigenvalue weighted by molar-refractivity contribution is -0.142. The van der Waals surface area contributed by atoms with Gasteiger partial charge in [0.05, 0.1) is 11.6 Å². The topological polar surface area (TPSA) is 114 Å². The predicted octanol–water partition coefficient (Wildman–Crippen LogP) is 3.76. The summed E-state index contributed by atoms with van der Waals surface area (Å²) < 4.78 is 72.9. The minimum atomic E-state index is -5.16. The molecule has 0 atom stereocenters. The number of benzene rings is 1. The summed E-state index contributed by atoms with van der Waals surface area (Å²) in [5.74, 6) is -5.30. The summed E-state index contributed by atoms with van der Waals surface area (Å²) in [5, 5.41) is 13.8. The molecule has 14 heteroatoms. The molecule has 0 fully saturated rings. The highest BCUT2D eigenvalue weighted by molar-refractivity contribution is 6.30. The smallest absolute Gasteiger partial charge is 0.437 e. The molecule has 32 heavy (non-hydrogen) atoms. The molecule has 0 aliphatic carbocycles. The van der Waals surface area contributed by atoms with Crippen molar-refractivity contribution in [2.24, 2.45) is 0 Å². The van der Waals surface area contributed by atoms with E-state index in [9.17, 15) is 31.5 Å². The Balaban J connectivity index is 2.26. The zero-order valence-electron chi connectivity index (χ0n) is 15.7. The fraction of sp³-hybridized carbons (Fsp3) is 0.167. The lowest BCUT2D eigenvalue weighted by Crippen LogP contribution is -2.30.